The third-order valence-electron chi connectivity index (χ3n) is 4.33. The molecule has 0 saturated carbocycles. The number of hydrogen-bond donors (Lipinski definition) is 1. The molecule has 2 aromatic rings. The number of anilines is 1. The molecule has 4 nitrogen and oxygen atoms in total. The molecule has 24 heavy (non-hydrogen) atoms. The molecule has 0 radical (unpaired) electrons. The van der Waals surface area contributed by atoms with Crippen LogP contribution in [0.1, 0.15) is 22.2 Å². The van der Waals surface area contributed by atoms with E-state index >= 15 is 0 Å². The lowest BCUT2D eigenvalue weighted by Crippen LogP contribution is -2.45. The molecule has 0 aliphatic carbocycles. The minimum Gasteiger partial charge on any atom is -0.321 e. The van der Waals surface area contributed by atoms with Crippen molar-refractivity contribution in [1.82, 2.24) is 9.80 Å². The molecule has 0 atom stereocenters. The summed E-state index contributed by atoms with van der Waals surface area (Å²) in [5, 5.41) is 2.95. The zero-order valence-electron chi connectivity index (χ0n) is 13.8. The van der Waals surface area contributed by atoms with E-state index < -0.39 is 0 Å². The lowest BCUT2D eigenvalue weighted by atomic mass is 10.1. The number of benzene rings is 1. The van der Waals surface area contributed by atoms with Gasteiger partial charge in [-0.3, -0.25) is 9.69 Å². The maximum Gasteiger partial charge on any atom is 0.265 e. The number of nitrogens with one attached hydrogen (secondary N) is 1. The number of amides is 1. The van der Waals surface area contributed by atoms with Crippen molar-refractivity contribution in [3.05, 3.63) is 50.6 Å². The highest BCUT2D eigenvalue weighted by atomic mass is 79.9. The second kappa shape index (κ2) is 8.25. The molecule has 1 aromatic carbocycles. The molecule has 3 rings (SSSR count). The molecule has 128 valence electrons. The second-order valence-electron chi connectivity index (χ2n) is 5.97. The molecule has 1 aromatic heterocycles. The molecule has 1 aliphatic heterocycles. The van der Waals surface area contributed by atoms with E-state index in [1.807, 2.05) is 24.3 Å². The predicted octanol–water partition coefficient (Wildman–Crippen LogP) is 3.90. The van der Waals surface area contributed by atoms with Gasteiger partial charge in [0.2, 0.25) is 0 Å². The molecule has 2 heterocycles. The van der Waals surface area contributed by atoms with E-state index in [1.165, 1.54) is 16.9 Å². The van der Waals surface area contributed by atoms with Crippen LogP contribution in [0.5, 0.6) is 0 Å². The van der Waals surface area contributed by atoms with Crippen molar-refractivity contribution in [1.29, 1.82) is 0 Å². The summed E-state index contributed by atoms with van der Waals surface area (Å²) in [6.07, 6.45) is 0. The first kappa shape index (κ1) is 17.6. The molecule has 0 spiro atoms. The highest BCUT2D eigenvalue weighted by Crippen LogP contribution is 2.23. The van der Waals surface area contributed by atoms with Crippen LogP contribution >= 0.6 is 27.3 Å². The van der Waals surface area contributed by atoms with Crippen LogP contribution in [-0.2, 0) is 6.54 Å². The van der Waals surface area contributed by atoms with Crippen LogP contribution in [0.3, 0.4) is 0 Å². The number of hydrogen-bond acceptors (Lipinski definition) is 4. The van der Waals surface area contributed by atoms with Gasteiger partial charge in [0, 0.05) is 38.4 Å². The molecule has 0 bridgehead atoms. The third kappa shape index (κ3) is 4.66. The Hall–Kier alpha value is -1.21. The standard InChI is InChI=1S/C18H22BrN3OS/c1-2-21-9-11-22(12-10-21)13-14-3-5-15(6-4-14)20-18(23)16-7-8-17(19)24-16/h3-8H,2,9-13H2,1H3,(H,20,23). The Labute approximate surface area is 155 Å². The summed E-state index contributed by atoms with van der Waals surface area (Å²) in [5.41, 5.74) is 2.13. The maximum absolute atomic E-state index is 12.2. The summed E-state index contributed by atoms with van der Waals surface area (Å²) in [6.45, 7) is 8.89. The molecular weight excluding hydrogens is 386 g/mol. The molecule has 6 heteroatoms. The highest BCUT2D eigenvalue weighted by Gasteiger charge is 2.15. The zero-order chi connectivity index (χ0) is 16.9. The number of rotatable bonds is 5. The summed E-state index contributed by atoms with van der Waals surface area (Å²) in [5.74, 6) is -0.0610. The molecule has 1 fully saturated rings. The molecular formula is C18H22BrN3OS. The Bertz CT molecular complexity index is 678. The van der Waals surface area contributed by atoms with Crippen LogP contribution in [0.25, 0.3) is 0 Å². The summed E-state index contributed by atoms with van der Waals surface area (Å²) < 4.78 is 0.964. The maximum atomic E-state index is 12.2. The molecule has 1 amide bonds. The van der Waals surface area contributed by atoms with Crippen molar-refractivity contribution in [3.8, 4) is 0 Å². The van der Waals surface area contributed by atoms with Crippen LogP contribution < -0.4 is 5.32 Å². The van der Waals surface area contributed by atoms with E-state index in [-0.39, 0.29) is 5.91 Å². The topological polar surface area (TPSA) is 35.6 Å². The number of carbonyl (C=O) groups is 1. The number of nitrogens with zero attached hydrogens (tertiary/aromatic N) is 2. The molecule has 1 N–H and O–H groups in total. The third-order valence-corrected chi connectivity index (χ3v) is 5.95. The monoisotopic (exact) mass is 407 g/mol. The van der Waals surface area contributed by atoms with Gasteiger partial charge >= 0.3 is 0 Å². The largest absolute Gasteiger partial charge is 0.321 e. The second-order valence-corrected chi connectivity index (χ2v) is 8.43. The Morgan fingerprint density at radius 1 is 1.08 bits per heavy atom. The molecule has 0 unspecified atom stereocenters. The van der Waals surface area contributed by atoms with E-state index in [0.717, 1.165) is 48.7 Å². The SMILES string of the molecule is CCN1CCN(Cc2ccc(NC(=O)c3ccc(Br)s3)cc2)CC1. The number of piperazine rings is 1. The summed E-state index contributed by atoms with van der Waals surface area (Å²) in [7, 11) is 0. The van der Waals surface area contributed by atoms with Crippen LogP contribution in [0.2, 0.25) is 0 Å². The highest BCUT2D eigenvalue weighted by molar-refractivity contribution is 9.11. The number of thiophene rings is 1. The summed E-state index contributed by atoms with van der Waals surface area (Å²) in [6, 6.07) is 11.9. The number of halogens is 1. The van der Waals surface area contributed by atoms with Crippen LogP contribution in [-0.4, -0.2) is 48.4 Å². The van der Waals surface area contributed by atoms with Crippen molar-refractivity contribution >= 4 is 38.9 Å². The average Bonchev–Trinajstić information content (AvgIpc) is 3.04. The molecule has 1 aliphatic rings. The number of likely N-dealkylation sites (N-methyl/N-ethyl adjacent to an activating group) is 1. The first-order chi connectivity index (χ1) is 11.6. The first-order valence-corrected chi connectivity index (χ1v) is 9.85. The van der Waals surface area contributed by atoms with E-state index in [2.05, 4.69) is 50.1 Å². The normalized spacial score (nSPS) is 16.2. The van der Waals surface area contributed by atoms with E-state index in [0.29, 0.717) is 4.88 Å². The average molecular weight is 408 g/mol. The van der Waals surface area contributed by atoms with E-state index in [4.69, 9.17) is 0 Å². The number of carbonyl (C=O) groups excluding carboxylic acids is 1. The van der Waals surface area contributed by atoms with Gasteiger partial charge in [-0.1, -0.05) is 19.1 Å². The fourth-order valence-electron chi connectivity index (χ4n) is 2.84. The van der Waals surface area contributed by atoms with Crippen molar-refractivity contribution in [2.75, 3.05) is 38.0 Å². The smallest absolute Gasteiger partial charge is 0.265 e. The van der Waals surface area contributed by atoms with Gasteiger partial charge in [-0.05, 0) is 52.3 Å². The van der Waals surface area contributed by atoms with Crippen molar-refractivity contribution in [2.24, 2.45) is 0 Å². The Morgan fingerprint density at radius 3 is 2.33 bits per heavy atom. The van der Waals surface area contributed by atoms with Gasteiger partial charge in [0.15, 0.2) is 0 Å². The van der Waals surface area contributed by atoms with E-state index in [9.17, 15) is 4.79 Å². The van der Waals surface area contributed by atoms with Gasteiger partial charge in [0.25, 0.3) is 5.91 Å². The Kier molecular flexibility index (Phi) is 6.05. The quantitative estimate of drug-likeness (QED) is 0.815. The zero-order valence-corrected chi connectivity index (χ0v) is 16.2. The van der Waals surface area contributed by atoms with Crippen molar-refractivity contribution in [3.63, 3.8) is 0 Å². The van der Waals surface area contributed by atoms with Crippen LogP contribution in [0.4, 0.5) is 5.69 Å². The summed E-state index contributed by atoms with van der Waals surface area (Å²) >= 11 is 4.82. The first-order valence-electron chi connectivity index (χ1n) is 8.24. The van der Waals surface area contributed by atoms with Gasteiger partial charge in [0.05, 0.1) is 8.66 Å². The van der Waals surface area contributed by atoms with Crippen molar-refractivity contribution in [2.45, 2.75) is 13.5 Å². The lowest BCUT2D eigenvalue weighted by Gasteiger charge is -2.34. The molecule has 1 saturated heterocycles. The lowest BCUT2D eigenvalue weighted by molar-refractivity contribution is 0.103. The van der Waals surface area contributed by atoms with Crippen molar-refractivity contribution < 1.29 is 4.79 Å². The van der Waals surface area contributed by atoms with Gasteiger partial charge < -0.3 is 10.2 Å². The summed E-state index contributed by atoms with van der Waals surface area (Å²) in [4.78, 5) is 17.8. The van der Waals surface area contributed by atoms with Crippen LogP contribution in [0.15, 0.2) is 40.2 Å². The Morgan fingerprint density at radius 2 is 1.75 bits per heavy atom. The Balaban J connectivity index is 1.53. The van der Waals surface area contributed by atoms with Gasteiger partial charge in [-0.15, -0.1) is 11.3 Å². The predicted molar refractivity (Wildman–Crippen MR) is 104 cm³/mol. The minimum atomic E-state index is -0.0610. The van der Waals surface area contributed by atoms with Crippen LogP contribution in [0, 0.1) is 0 Å². The fraction of sp³-hybridized carbons (Fsp3) is 0.389. The fourth-order valence-corrected chi connectivity index (χ4v) is 4.13. The van der Waals surface area contributed by atoms with Gasteiger partial charge in [-0.25, -0.2) is 0 Å². The minimum absolute atomic E-state index is 0.0610. The van der Waals surface area contributed by atoms with E-state index in [1.54, 1.807) is 0 Å². The van der Waals surface area contributed by atoms with Gasteiger partial charge in [-0.2, -0.15) is 0 Å². The van der Waals surface area contributed by atoms with Gasteiger partial charge in [0.1, 0.15) is 0 Å².